The van der Waals surface area contributed by atoms with Crippen molar-refractivity contribution in [3.05, 3.63) is 64.0 Å². The minimum absolute atomic E-state index is 0.124. The SMILES string of the molecule is Cc1c(Br)cccc1C(N)Cc1nc2ccccc2o1. The molecule has 0 spiro atoms. The van der Waals surface area contributed by atoms with E-state index in [1.165, 1.54) is 0 Å². The van der Waals surface area contributed by atoms with E-state index >= 15 is 0 Å². The Labute approximate surface area is 125 Å². The van der Waals surface area contributed by atoms with Gasteiger partial charge in [0.15, 0.2) is 11.5 Å². The summed E-state index contributed by atoms with van der Waals surface area (Å²) in [6, 6.07) is 13.7. The van der Waals surface area contributed by atoms with Crippen LogP contribution in [0.2, 0.25) is 0 Å². The Morgan fingerprint density at radius 3 is 2.80 bits per heavy atom. The van der Waals surface area contributed by atoms with Crippen LogP contribution in [-0.2, 0) is 6.42 Å². The molecule has 102 valence electrons. The molecule has 20 heavy (non-hydrogen) atoms. The first-order chi connectivity index (χ1) is 9.65. The Bertz CT molecular complexity index is 718. The van der Waals surface area contributed by atoms with E-state index in [1.54, 1.807) is 0 Å². The van der Waals surface area contributed by atoms with Gasteiger partial charge in [0.05, 0.1) is 0 Å². The van der Waals surface area contributed by atoms with Gasteiger partial charge in [0, 0.05) is 16.9 Å². The van der Waals surface area contributed by atoms with Crippen LogP contribution in [0.1, 0.15) is 23.1 Å². The van der Waals surface area contributed by atoms with Gasteiger partial charge in [0.1, 0.15) is 5.52 Å². The van der Waals surface area contributed by atoms with Crippen LogP contribution in [0.3, 0.4) is 0 Å². The Morgan fingerprint density at radius 1 is 1.20 bits per heavy atom. The molecule has 1 unspecified atom stereocenters. The Hall–Kier alpha value is -1.65. The molecular formula is C16H15BrN2O. The molecule has 0 fully saturated rings. The zero-order valence-corrected chi connectivity index (χ0v) is 12.7. The topological polar surface area (TPSA) is 52.0 Å². The van der Waals surface area contributed by atoms with E-state index in [0.717, 1.165) is 26.7 Å². The highest BCUT2D eigenvalue weighted by Crippen LogP contribution is 2.26. The summed E-state index contributed by atoms with van der Waals surface area (Å²) < 4.78 is 6.80. The van der Waals surface area contributed by atoms with E-state index in [2.05, 4.69) is 27.8 Å². The second-order valence-electron chi connectivity index (χ2n) is 4.84. The van der Waals surface area contributed by atoms with Crippen molar-refractivity contribution in [3.8, 4) is 0 Å². The summed E-state index contributed by atoms with van der Waals surface area (Å²) in [6.45, 7) is 2.06. The van der Waals surface area contributed by atoms with Gasteiger partial charge in [-0.15, -0.1) is 0 Å². The second-order valence-corrected chi connectivity index (χ2v) is 5.69. The first kappa shape index (κ1) is 13.3. The minimum atomic E-state index is -0.124. The lowest BCUT2D eigenvalue weighted by Gasteiger charge is -2.13. The number of halogens is 1. The van der Waals surface area contributed by atoms with Crippen molar-refractivity contribution in [1.82, 2.24) is 4.98 Å². The zero-order valence-electron chi connectivity index (χ0n) is 11.1. The highest BCUT2D eigenvalue weighted by Gasteiger charge is 2.15. The molecule has 0 aliphatic carbocycles. The van der Waals surface area contributed by atoms with Crippen LogP contribution >= 0.6 is 15.9 Å². The van der Waals surface area contributed by atoms with Gasteiger partial charge in [-0.05, 0) is 36.2 Å². The fourth-order valence-corrected chi connectivity index (χ4v) is 2.71. The summed E-state index contributed by atoms with van der Waals surface area (Å²) in [5, 5.41) is 0. The van der Waals surface area contributed by atoms with Gasteiger partial charge in [-0.3, -0.25) is 0 Å². The summed E-state index contributed by atoms with van der Waals surface area (Å²) in [5.41, 5.74) is 10.3. The molecule has 2 aromatic carbocycles. The minimum Gasteiger partial charge on any atom is -0.441 e. The third-order valence-electron chi connectivity index (χ3n) is 3.44. The Kier molecular flexibility index (Phi) is 3.59. The van der Waals surface area contributed by atoms with Crippen molar-refractivity contribution in [2.75, 3.05) is 0 Å². The van der Waals surface area contributed by atoms with E-state index < -0.39 is 0 Å². The average molecular weight is 331 g/mol. The third kappa shape index (κ3) is 2.49. The van der Waals surface area contributed by atoms with Crippen molar-refractivity contribution in [2.45, 2.75) is 19.4 Å². The predicted octanol–water partition coefficient (Wildman–Crippen LogP) is 4.14. The van der Waals surface area contributed by atoms with Crippen molar-refractivity contribution in [2.24, 2.45) is 5.73 Å². The molecule has 3 nitrogen and oxygen atoms in total. The van der Waals surface area contributed by atoms with Crippen molar-refractivity contribution in [1.29, 1.82) is 0 Å². The number of hydrogen-bond acceptors (Lipinski definition) is 3. The van der Waals surface area contributed by atoms with E-state index in [0.29, 0.717) is 12.3 Å². The molecule has 0 saturated carbocycles. The molecule has 3 aromatic rings. The number of nitrogens with zero attached hydrogens (tertiary/aromatic N) is 1. The largest absolute Gasteiger partial charge is 0.441 e. The fraction of sp³-hybridized carbons (Fsp3) is 0.188. The van der Waals surface area contributed by atoms with Gasteiger partial charge < -0.3 is 10.2 Å². The number of oxazole rings is 1. The van der Waals surface area contributed by atoms with Crippen LogP contribution < -0.4 is 5.73 Å². The van der Waals surface area contributed by atoms with Crippen LogP contribution in [0.15, 0.2) is 51.4 Å². The first-order valence-electron chi connectivity index (χ1n) is 6.50. The summed E-state index contributed by atoms with van der Waals surface area (Å²) in [4.78, 5) is 4.47. The zero-order chi connectivity index (χ0) is 14.1. The summed E-state index contributed by atoms with van der Waals surface area (Å²) in [6.07, 6.45) is 0.589. The maximum absolute atomic E-state index is 6.30. The van der Waals surface area contributed by atoms with Crippen LogP contribution in [-0.4, -0.2) is 4.98 Å². The smallest absolute Gasteiger partial charge is 0.197 e. The molecule has 0 saturated heterocycles. The van der Waals surface area contributed by atoms with Gasteiger partial charge >= 0.3 is 0 Å². The molecule has 1 atom stereocenters. The third-order valence-corrected chi connectivity index (χ3v) is 4.30. The molecule has 0 aliphatic rings. The van der Waals surface area contributed by atoms with Crippen molar-refractivity contribution in [3.63, 3.8) is 0 Å². The van der Waals surface area contributed by atoms with Crippen LogP contribution in [0, 0.1) is 6.92 Å². The molecule has 0 aliphatic heterocycles. The van der Waals surface area contributed by atoms with E-state index in [-0.39, 0.29) is 6.04 Å². The number of benzene rings is 2. The number of nitrogens with two attached hydrogens (primary N) is 1. The monoisotopic (exact) mass is 330 g/mol. The molecule has 0 amide bonds. The lowest BCUT2D eigenvalue weighted by atomic mass is 10.00. The normalized spacial score (nSPS) is 12.8. The lowest BCUT2D eigenvalue weighted by molar-refractivity contribution is 0.502. The van der Waals surface area contributed by atoms with Gasteiger partial charge in [-0.2, -0.15) is 0 Å². The summed E-state index contributed by atoms with van der Waals surface area (Å²) >= 11 is 3.53. The lowest BCUT2D eigenvalue weighted by Crippen LogP contribution is -2.15. The highest BCUT2D eigenvalue weighted by molar-refractivity contribution is 9.10. The highest BCUT2D eigenvalue weighted by atomic mass is 79.9. The number of hydrogen-bond donors (Lipinski definition) is 1. The standard InChI is InChI=1S/C16H15BrN2O/c1-10-11(5-4-6-12(10)17)13(18)9-16-19-14-7-2-3-8-15(14)20-16/h2-8,13H,9,18H2,1H3. The number of para-hydroxylation sites is 2. The van der Waals surface area contributed by atoms with Gasteiger partial charge in [0.25, 0.3) is 0 Å². The average Bonchev–Trinajstić information content (AvgIpc) is 2.83. The number of rotatable bonds is 3. The maximum atomic E-state index is 6.30. The van der Waals surface area contributed by atoms with Gasteiger partial charge in [0.2, 0.25) is 0 Å². The molecule has 0 bridgehead atoms. The van der Waals surface area contributed by atoms with E-state index in [4.69, 9.17) is 10.2 Å². The van der Waals surface area contributed by atoms with Gasteiger partial charge in [-0.25, -0.2) is 4.98 Å². The first-order valence-corrected chi connectivity index (χ1v) is 7.29. The maximum Gasteiger partial charge on any atom is 0.197 e. The van der Waals surface area contributed by atoms with Gasteiger partial charge in [-0.1, -0.05) is 40.2 Å². The quantitative estimate of drug-likeness (QED) is 0.785. The molecule has 2 N–H and O–H groups in total. The van der Waals surface area contributed by atoms with Crippen molar-refractivity contribution < 1.29 is 4.42 Å². The number of aromatic nitrogens is 1. The summed E-state index contributed by atoms with van der Waals surface area (Å²) in [7, 11) is 0. The van der Waals surface area contributed by atoms with E-state index in [1.807, 2.05) is 42.5 Å². The number of fused-ring (bicyclic) bond motifs is 1. The predicted molar refractivity (Wildman–Crippen MR) is 83.5 cm³/mol. The van der Waals surface area contributed by atoms with Crippen LogP contribution in [0.4, 0.5) is 0 Å². The molecule has 3 rings (SSSR count). The van der Waals surface area contributed by atoms with Crippen LogP contribution in [0.5, 0.6) is 0 Å². The molecule has 1 aromatic heterocycles. The molecule has 1 heterocycles. The fourth-order valence-electron chi connectivity index (χ4n) is 2.33. The molecule has 4 heteroatoms. The Balaban J connectivity index is 1.88. The molecule has 0 radical (unpaired) electrons. The van der Waals surface area contributed by atoms with E-state index in [9.17, 15) is 0 Å². The Morgan fingerprint density at radius 2 is 2.00 bits per heavy atom. The summed E-state index contributed by atoms with van der Waals surface area (Å²) in [5.74, 6) is 0.679. The molecular weight excluding hydrogens is 316 g/mol. The van der Waals surface area contributed by atoms with Crippen LogP contribution in [0.25, 0.3) is 11.1 Å². The second kappa shape index (κ2) is 5.38. The van der Waals surface area contributed by atoms with Crippen molar-refractivity contribution >= 4 is 27.0 Å².